The van der Waals surface area contributed by atoms with Gasteiger partial charge in [0.05, 0.1) is 11.6 Å². The maximum Gasteiger partial charge on any atom is 0.228 e. The van der Waals surface area contributed by atoms with Crippen molar-refractivity contribution >= 4 is 39.7 Å². The van der Waals surface area contributed by atoms with E-state index in [4.69, 9.17) is 9.73 Å². The summed E-state index contributed by atoms with van der Waals surface area (Å²) >= 11 is 0. The highest BCUT2D eigenvalue weighted by molar-refractivity contribution is 6.06. The SMILES string of the molecule is CN(C)c1ccc2c(c1)C(C)(C)C1(C=Nc3c(cc(N4CCCCC4)c4ccccc34)O1)N2C. The van der Waals surface area contributed by atoms with Crippen LogP contribution in [-0.4, -0.2) is 46.2 Å². The highest BCUT2D eigenvalue weighted by Gasteiger charge is 2.58. The first-order valence-corrected chi connectivity index (χ1v) is 12.4. The van der Waals surface area contributed by atoms with Gasteiger partial charge in [-0.25, -0.2) is 0 Å². The minimum atomic E-state index is -0.686. The van der Waals surface area contributed by atoms with Gasteiger partial charge in [0.2, 0.25) is 5.72 Å². The molecule has 176 valence electrons. The van der Waals surface area contributed by atoms with E-state index in [-0.39, 0.29) is 5.41 Å². The van der Waals surface area contributed by atoms with E-state index in [1.54, 1.807) is 0 Å². The van der Waals surface area contributed by atoms with Crippen molar-refractivity contribution in [2.75, 3.05) is 48.9 Å². The topological polar surface area (TPSA) is 31.3 Å². The zero-order valence-electron chi connectivity index (χ0n) is 20.9. The van der Waals surface area contributed by atoms with E-state index < -0.39 is 5.72 Å². The number of hydrogen-bond acceptors (Lipinski definition) is 5. The van der Waals surface area contributed by atoms with Crippen molar-refractivity contribution in [3.63, 3.8) is 0 Å². The third-order valence-electron chi connectivity index (χ3n) is 8.22. The Morgan fingerprint density at radius 1 is 0.912 bits per heavy atom. The molecule has 0 radical (unpaired) electrons. The van der Waals surface area contributed by atoms with E-state index in [2.05, 4.69) is 98.2 Å². The van der Waals surface area contributed by atoms with Gasteiger partial charge in [-0.2, -0.15) is 0 Å². The summed E-state index contributed by atoms with van der Waals surface area (Å²) in [6.45, 7) is 6.75. The molecule has 3 aliphatic heterocycles. The monoisotopic (exact) mass is 454 g/mol. The number of likely N-dealkylation sites (N-methyl/N-ethyl adjacent to an activating group) is 1. The molecule has 1 saturated heterocycles. The van der Waals surface area contributed by atoms with Crippen LogP contribution in [0.1, 0.15) is 38.7 Å². The molecule has 0 amide bonds. The van der Waals surface area contributed by atoms with Crippen LogP contribution < -0.4 is 19.4 Å². The number of nitrogens with zero attached hydrogens (tertiary/aromatic N) is 4. The Hall–Kier alpha value is -3.21. The Balaban J connectivity index is 1.50. The molecule has 6 rings (SSSR count). The van der Waals surface area contributed by atoms with Crippen molar-refractivity contribution in [1.82, 2.24) is 0 Å². The van der Waals surface area contributed by atoms with Crippen LogP contribution >= 0.6 is 0 Å². The fourth-order valence-corrected chi connectivity index (χ4v) is 6.10. The van der Waals surface area contributed by atoms with Gasteiger partial charge in [0, 0.05) is 68.1 Å². The number of hydrogen-bond donors (Lipinski definition) is 0. The van der Waals surface area contributed by atoms with Crippen molar-refractivity contribution in [2.45, 2.75) is 44.2 Å². The molecule has 1 fully saturated rings. The molecule has 3 heterocycles. The molecule has 3 aliphatic rings. The van der Waals surface area contributed by atoms with E-state index in [1.165, 1.54) is 47.3 Å². The Morgan fingerprint density at radius 2 is 1.65 bits per heavy atom. The number of anilines is 3. The van der Waals surface area contributed by atoms with Crippen LogP contribution in [0.5, 0.6) is 5.75 Å². The lowest BCUT2D eigenvalue weighted by Gasteiger charge is -2.45. The Kier molecular flexibility index (Phi) is 4.64. The average Bonchev–Trinajstić information content (AvgIpc) is 3.01. The molecule has 1 unspecified atom stereocenters. The summed E-state index contributed by atoms with van der Waals surface area (Å²) in [5.41, 5.74) is 4.92. The van der Waals surface area contributed by atoms with Gasteiger partial charge in [-0.05, 0) is 56.9 Å². The number of fused-ring (bicyclic) bond motifs is 4. The van der Waals surface area contributed by atoms with Gasteiger partial charge in [-0.1, -0.05) is 24.3 Å². The second-order valence-corrected chi connectivity index (χ2v) is 10.7. The summed E-state index contributed by atoms with van der Waals surface area (Å²) < 4.78 is 7.07. The Bertz CT molecular complexity index is 1300. The number of ether oxygens (including phenoxy) is 1. The van der Waals surface area contributed by atoms with Gasteiger partial charge in [0.25, 0.3) is 0 Å². The second-order valence-electron chi connectivity index (χ2n) is 10.7. The van der Waals surface area contributed by atoms with Crippen molar-refractivity contribution < 1.29 is 4.74 Å². The molecule has 5 nitrogen and oxygen atoms in total. The molecule has 0 saturated carbocycles. The molecule has 3 aromatic rings. The zero-order valence-corrected chi connectivity index (χ0v) is 20.9. The first-order valence-electron chi connectivity index (χ1n) is 12.4. The summed E-state index contributed by atoms with van der Waals surface area (Å²) in [7, 11) is 6.31. The molecular formula is C29H34N4O. The van der Waals surface area contributed by atoms with E-state index in [0.29, 0.717) is 0 Å². The molecule has 0 bridgehead atoms. The summed E-state index contributed by atoms with van der Waals surface area (Å²) in [4.78, 5) is 12.1. The van der Waals surface area contributed by atoms with Crippen molar-refractivity contribution in [3.05, 3.63) is 54.1 Å². The molecule has 1 atom stereocenters. The average molecular weight is 455 g/mol. The van der Waals surface area contributed by atoms with Crippen molar-refractivity contribution in [1.29, 1.82) is 0 Å². The van der Waals surface area contributed by atoms with Crippen LogP contribution in [0.4, 0.5) is 22.7 Å². The van der Waals surface area contributed by atoms with Gasteiger partial charge in [-0.15, -0.1) is 0 Å². The van der Waals surface area contributed by atoms with Gasteiger partial charge >= 0.3 is 0 Å². The van der Waals surface area contributed by atoms with Crippen LogP contribution in [0, 0.1) is 0 Å². The highest BCUT2D eigenvalue weighted by atomic mass is 16.5. The smallest absolute Gasteiger partial charge is 0.228 e. The van der Waals surface area contributed by atoms with Crippen LogP contribution in [0.3, 0.4) is 0 Å². The number of aliphatic imine (C=N–C) groups is 1. The molecule has 0 aliphatic carbocycles. The predicted octanol–water partition coefficient (Wildman–Crippen LogP) is 6.11. The first-order chi connectivity index (χ1) is 16.3. The fourth-order valence-electron chi connectivity index (χ4n) is 6.10. The third kappa shape index (κ3) is 2.82. The molecule has 1 spiro atoms. The van der Waals surface area contributed by atoms with Crippen LogP contribution in [0.25, 0.3) is 10.8 Å². The number of piperidine rings is 1. The maximum atomic E-state index is 7.07. The zero-order chi connectivity index (χ0) is 23.7. The van der Waals surface area contributed by atoms with Gasteiger partial charge in [0.1, 0.15) is 5.69 Å². The second kappa shape index (κ2) is 7.39. The lowest BCUT2D eigenvalue weighted by Crippen LogP contribution is -2.61. The maximum absolute atomic E-state index is 7.07. The molecule has 0 aromatic heterocycles. The summed E-state index contributed by atoms with van der Waals surface area (Å²) in [5, 5.41) is 2.43. The molecule has 5 heteroatoms. The van der Waals surface area contributed by atoms with Crippen LogP contribution in [0.2, 0.25) is 0 Å². The normalized spacial score (nSPS) is 22.6. The van der Waals surface area contributed by atoms with Gasteiger partial charge < -0.3 is 19.4 Å². The quantitative estimate of drug-likeness (QED) is 0.467. The van der Waals surface area contributed by atoms with Gasteiger partial charge in [-0.3, -0.25) is 4.99 Å². The Morgan fingerprint density at radius 3 is 2.38 bits per heavy atom. The van der Waals surface area contributed by atoms with Crippen molar-refractivity contribution in [3.8, 4) is 5.75 Å². The molecular weight excluding hydrogens is 420 g/mol. The van der Waals surface area contributed by atoms with E-state index in [1.807, 2.05) is 6.21 Å². The first kappa shape index (κ1) is 21.3. The summed E-state index contributed by atoms with van der Waals surface area (Å²) in [6, 6.07) is 17.6. The third-order valence-corrected chi connectivity index (χ3v) is 8.22. The van der Waals surface area contributed by atoms with E-state index in [9.17, 15) is 0 Å². The lowest BCUT2D eigenvalue weighted by molar-refractivity contribution is 0.0827. The van der Waals surface area contributed by atoms with Crippen molar-refractivity contribution in [2.24, 2.45) is 4.99 Å². The lowest BCUT2D eigenvalue weighted by atomic mass is 9.77. The van der Waals surface area contributed by atoms with E-state index >= 15 is 0 Å². The minimum Gasteiger partial charge on any atom is -0.459 e. The fraction of sp³-hybridized carbons (Fsp3) is 0.414. The van der Waals surface area contributed by atoms with Gasteiger partial charge in [0.15, 0.2) is 5.75 Å². The minimum absolute atomic E-state index is 0.290. The summed E-state index contributed by atoms with van der Waals surface area (Å²) in [5.74, 6) is 0.877. The van der Waals surface area contributed by atoms with Crippen LogP contribution in [0.15, 0.2) is 53.5 Å². The van der Waals surface area contributed by atoms with Crippen LogP contribution in [-0.2, 0) is 5.41 Å². The largest absolute Gasteiger partial charge is 0.459 e. The number of benzene rings is 3. The summed E-state index contributed by atoms with van der Waals surface area (Å²) in [6.07, 6.45) is 5.84. The molecule has 3 aromatic carbocycles. The standard InChI is InChI=1S/C29H34N4O/c1-28(2)23-17-20(31(3)4)13-14-24(23)32(5)29(28)19-30-27-22-12-8-7-11-21(22)25(18-26(27)34-29)33-15-9-6-10-16-33/h7-8,11-14,17-19H,6,9-10,15-16H2,1-5H3. The predicted molar refractivity (Wildman–Crippen MR) is 144 cm³/mol. The molecule has 0 N–H and O–H groups in total. The highest BCUT2D eigenvalue weighted by Crippen LogP contribution is 2.55. The Labute approximate surface area is 202 Å². The van der Waals surface area contributed by atoms with E-state index in [0.717, 1.165) is 29.9 Å². The molecule has 34 heavy (non-hydrogen) atoms. The number of rotatable bonds is 2.